The molecular formula is C16H13Cl2N3O. The predicted octanol–water partition coefficient (Wildman–Crippen LogP) is 4.40. The molecule has 0 spiro atoms. The van der Waals surface area contributed by atoms with E-state index in [9.17, 15) is 4.79 Å². The van der Waals surface area contributed by atoms with Gasteiger partial charge in [-0.15, -0.1) is 0 Å². The van der Waals surface area contributed by atoms with Crippen LogP contribution in [0.15, 0.2) is 47.5 Å². The van der Waals surface area contributed by atoms with Gasteiger partial charge in [-0.05, 0) is 36.6 Å². The summed E-state index contributed by atoms with van der Waals surface area (Å²) >= 11 is 12.2. The smallest absolute Gasteiger partial charge is 0.255 e. The molecule has 1 aromatic carbocycles. The van der Waals surface area contributed by atoms with Crippen LogP contribution in [0.2, 0.25) is 10.0 Å². The average molecular weight is 334 g/mol. The van der Waals surface area contributed by atoms with E-state index in [0.717, 1.165) is 11.1 Å². The Balaban J connectivity index is 1.94. The molecule has 0 amide bonds. The fraction of sp³-hybridized carbons (Fsp3) is 0.125. The third-order valence-corrected chi connectivity index (χ3v) is 4.25. The molecule has 0 saturated carbocycles. The molecule has 2 N–H and O–H groups in total. The zero-order valence-electron chi connectivity index (χ0n) is 11.7. The summed E-state index contributed by atoms with van der Waals surface area (Å²) in [6.45, 7) is 1.93. The lowest BCUT2D eigenvalue weighted by atomic mass is 10.1. The summed E-state index contributed by atoms with van der Waals surface area (Å²) in [6.07, 6.45) is 3.25. The molecule has 2 aromatic heterocycles. The first-order valence-corrected chi connectivity index (χ1v) is 7.50. The topological polar surface area (TPSA) is 57.8 Å². The van der Waals surface area contributed by atoms with Gasteiger partial charge in [0.1, 0.15) is 0 Å². The lowest BCUT2D eigenvalue weighted by Gasteiger charge is -2.16. The minimum Gasteiger partial charge on any atom is -0.377 e. The van der Waals surface area contributed by atoms with Crippen LogP contribution in [-0.2, 0) is 0 Å². The monoisotopic (exact) mass is 333 g/mol. The molecule has 3 aromatic rings. The number of hydrogen-bond donors (Lipinski definition) is 2. The van der Waals surface area contributed by atoms with Crippen LogP contribution in [-0.4, -0.2) is 9.97 Å². The number of fused-ring (bicyclic) bond motifs is 1. The fourth-order valence-electron chi connectivity index (χ4n) is 2.33. The Kier molecular flexibility index (Phi) is 4.05. The maximum absolute atomic E-state index is 11.9. The van der Waals surface area contributed by atoms with Gasteiger partial charge in [-0.25, -0.2) is 0 Å². The zero-order valence-corrected chi connectivity index (χ0v) is 13.2. The van der Waals surface area contributed by atoms with E-state index in [1.807, 2.05) is 31.2 Å². The second kappa shape index (κ2) is 5.99. The highest BCUT2D eigenvalue weighted by molar-refractivity contribution is 6.42. The minimum atomic E-state index is -0.147. The largest absolute Gasteiger partial charge is 0.377 e. The lowest BCUT2D eigenvalue weighted by Crippen LogP contribution is -2.10. The molecule has 0 radical (unpaired) electrons. The Bertz CT molecular complexity index is 892. The van der Waals surface area contributed by atoms with Crippen molar-refractivity contribution in [2.24, 2.45) is 0 Å². The number of H-pyrrole nitrogens is 1. The average Bonchev–Trinajstić information content (AvgIpc) is 2.51. The van der Waals surface area contributed by atoms with E-state index in [1.165, 1.54) is 0 Å². The Hall–Kier alpha value is -2.04. The van der Waals surface area contributed by atoms with E-state index < -0.39 is 0 Å². The van der Waals surface area contributed by atoms with Crippen LogP contribution in [0.5, 0.6) is 0 Å². The number of benzene rings is 1. The summed E-state index contributed by atoms with van der Waals surface area (Å²) in [5, 5.41) is 5.71. The molecule has 0 unspecified atom stereocenters. The number of nitrogens with one attached hydrogen (secondary N) is 2. The Morgan fingerprint density at radius 3 is 2.86 bits per heavy atom. The zero-order chi connectivity index (χ0) is 15.7. The van der Waals surface area contributed by atoms with Gasteiger partial charge >= 0.3 is 0 Å². The third-order valence-electron chi connectivity index (χ3n) is 3.44. The van der Waals surface area contributed by atoms with Crippen molar-refractivity contribution in [3.63, 3.8) is 0 Å². The molecule has 1 atom stereocenters. The normalized spacial score (nSPS) is 12.3. The number of pyridine rings is 2. The number of anilines is 1. The highest BCUT2D eigenvalue weighted by Gasteiger charge is 2.13. The molecule has 0 saturated heterocycles. The van der Waals surface area contributed by atoms with Crippen LogP contribution in [0.1, 0.15) is 18.7 Å². The summed E-state index contributed by atoms with van der Waals surface area (Å²) in [5.41, 5.74) is 1.36. The Morgan fingerprint density at radius 2 is 2.05 bits per heavy atom. The van der Waals surface area contributed by atoms with E-state index in [1.54, 1.807) is 18.5 Å². The van der Waals surface area contributed by atoms with Crippen molar-refractivity contribution in [1.29, 1.82) is 0 Å². The fourth-order valence-corrected chi connectivity index (χ4v) is 2.76. The van der Waals surface area contributed by atoms with Crippen molar-refractivity contribution in [1.82, 2.24) is 9.97 Å². The first-order valence-electron chi connectivity index (χ1n) is 6.74. The first kappa shape index (κ1) is 14.9. The molecule has 6 heteroatoms. The molecule has 3 rings (SSSR count). The van der Waals surface area contributed by atoms with Crippen molar-refractivity contribution >= 4 is 39.7 Å². The van der Waals surface area contributed by atoms with Crippen molar-refractivity contribution in [2.45, 2.75) is 13.0 Å². The molecule has 4 nitrogen and oxygen atoms in total. The molecular weight excluding hydrogens is 321 g/mol. The van der Waals surface area contributed by atoms with E-state index in [0.29, 0.717) is 21.1 Å². The summed E-state index contributed by atoms with van der Waals surface area (Å²) in [7, 11) is 0. The third kappa shape index (κ3) is 2.80. The molecule has 112 valence electrons. The van der Waals surface area contributed by atoms with Crippen LogP contribution in [0, 0.1) is 0 Å². The van der Waals surface area contributed by atoms with Crippen LogP contribution < -0.4 is 10.9 Å². The van der Waals surface area contributed by atoms with Gasteiger partial charge in [-0.3, -0.25) is 9.78 Å². The van der Waals surface area contributed by atoms with Gasteiger partial charge in [0.05, 0.1) is 21.8 Å². The molecule has 0 bridgehead atoms. The van der Waals surface area contributed by atoms with Crippen LogP contribution >= 0.6 is 23.2 Å². The van der Waals surface area contributed by atoms with Crippen LogP contribution in [0.4, 0.5) is 5.69 Å². The minimum absolute atomic E-state index is 0.118. The number of hydrogen-bond acceptors (Lipinski definition) is 3. The number of aromatic nitrogens is 2. The van der Waals surface area contributed by atoms with Gasteiger partial charge in [0.2, 0.25) is 0 Å². The SMILES string of the molecule is C[C@H](Nc1ccc2cc[nH]c(=O)c2c1)c1nccc(Cl)c1Cl. The van der Waals surface area contributed by atoms with Crippen LogP contribution in [0.25, 0.3) is 10.8 Å². The summed E-state index contributed by atoms with van der Waals surface area (Å²) in [4.78, 5) is 18.8. The number of aromatic amines is 1. The molecule has 0 aliphatic rings. The maximum atomic E-state index is 11.9. The molecule has 22 heavy (non-hydrogen) atoms. The van der Waals surface area contributed by atoms with Gasteiger partial charge in [0.25, 0.3) is 5.56 Å². The number of rotatable bonds is 3. The van der Waals surface area contributed by atoms with Gasteiger partial charge in [-0.1, -0.05) is 29.3 Å². The van der Waals surface area contributed by atoms with Crippen molar-refractivity contribution in [2.75, 3.05) is 5.32 Å². The van der Waals surface area contributed by atoms with Gasteiger partial charge in [-0.2, -0.15) is 0 Å². The van der Waals surface area contributed by atoms with E-state index in [2.05, 4.69) is 15.3 Å². The quantitative estimate of drug-likeness (QED) is 0.746. The van der Waals surface area contributed by atoms with Crippen molar-refractivity contribution in [3.05, 3.63) is 68.8 Å². The van der Waals surface area contributed by atoms with Crippen molar-refractivity contribution < 1.29 is 0 Å². The van der Waals surface area contributed by atoms with Gasteiger partial charge < -0.3 is 10.3 Å². The van der Waals surface area contributed by atoms with E-state index in [4.69, 9.17) is 23.2 Å². The standard InChI is InChI=1S/C16H13Cl2N3O/c1-9(15-14(18)13(17)5-7-19-15)21-11-3-2-10-4-6-20-16(22)12(10)8-11/h2-9,21H,1H3,(H,20,22)/t9-/m0/s1. The van der Waals surface area contributed by atoms with Gasteiger partial charge in [0.15, 0.2) is 0 Å². The molecule has 2 heterocycles. The first-order chi connectivity index (χ1) is 10.6. The summed E-state index contributed by atoms with van der Waals surface area (Å²) in [5.74, 6) is 0. The second-order valence-electron chi connectivity index (χ2n) is 4.97. The Morgan fingerprint density at radius 1 is 1.23 bits per heavy atom. The molecule has 0 aliphatic heterocycles. The Labute approximate surface area is 137 Å². The second-order valence-corrected chi connectivity index (χ2v) is 5.75. The summed E-state index contributed by atoms with van der Waals surface area (Å²) in [6, 6.07) is 8.98. The van der Waals surface area contributed by atoms with Gasteiger partial charge in [0, 0.05) is 23.5 Å². The number of halogens is 2. The predicted molar refractivity (Wildman–Crippen MR) is 90.9 cm³/mol. The summed E-state index contributed by atoms with van der Waals surface area (Å²) < 4.78 is 0. The molecule has 0 fully saturated rings. The highest BCUT2D eigenvalue weighted by Crippen LogP contribution is 2.30. The maximum Gasteiger partial charge on any atom is 0.255 e. The highest BCUT2D eigenvalue weighted by atomic mass is 35.5. The van der Waals surface area contributed by atoms with E-state index >= 15 is 0 Å². The molecule has 0 aliphatic carbocycles. The van der Waals surface area contributed by atoms with Crippen LogP contribution in [0.3, 0.4) is 0 Å². The van der Waals surface area contributed by atoms with Crippen molar-refractivity contribution in [3.8, 4) is 0 Å². The number of nitrogens with zero attached hydrogens (tertiary/aromatic N) is 1. The van der Waals surface area contributed by atoms with E-state index in [-0.39, 0.29) is 11.6 Å². The lowest BCUT2D eigenvalue weighted by molar-refractivity contribution is 0.840.